The average molecular weight is 273 g/mol. The number of nitrogens with two attached hydrogens (primary N) is 1. The topological polar surface area (TPSA) is 32.5 Å². The summed E-state index contributed by atoms with van der Waals surface area (Å²) in [7, 11) is 0. The van der Waals surface area contributed by atoms with Crippen LogP contribution in [0.3, 0.4) is 0 Å². The summed E-state index contributed by atoms with van der Waals surface area (Å²) in [6.07, 6.45) is 5.40. The number of hydrogen-bond acceptors (Lipinski definition) is 3. The van der Waals surface area contributed by atoms with Crippen molar-refractivity contribution in [3.8, 4) is 0 Å². The minimum absolute atomic E-state index is 0.497. The van der Waals surface area contributed by atoms with Crippen LogP contribution < -0.4 is 10.6 Å². The number of benzene rings is 1. The van der Waals surface area contributed by atoms with Crippen molar-refractivity contribution in [3.05, 3.63) is 30.3 Å². The number of nitrogens with zero attached hydrogens (tertiary/aromatic N) is 2. The number of para-hydroxylation sites is 1. The van der Waals surface area contributed by atoms with Gasteiger partial charge in [-0.15, -0.1) is 0 Å². The van der Waals surface area contributed by atoms with E-state index in [0.717, 1.165) is 19.6 Å². The molecule has 1 aromatic rings. The largest absolute Gasteiger partial charge is 0.369 e. The van der Waals surface area contributed by atoms with E-state index < -0.39 is 0 Å². The fraction of sp³-hybridized carbons (Fsp3) is 0.647. The third-order valence-corrected chi connectivity index (χ3v) is 5.30. The quantitative estimate of drug-likeness (QED) is 0.893. The summed E-state index contributed by atoms with van der Waals surface area (Å²) in [6, 6.07) is 10.8. The maximum Gasteiger partial charge on any atom is 0.0367 e. The van der Waals surface area contributed by atoms with Gasteiger partial charge in [0.05, 0.1) is 0 Å². The van der Waals surface area contributed by atoms with Crippen LogP contribution in [-0.2, 0) is 0 Å². The van der Waals surface area contributed by atoms with Crippen molar-refractivity contribution in [2.75, 3.05) is 44.2 Å². The summed E-state index contributed by atoms with van der Waals surface area (Å²) in [6.45, 7) is 6.81. The third kappa shape index (κ3) is 2.99. The molecule has 0 amide bonds. The standard InChI is InChI=1S/C17H27N3/c18-15-17(7-4-8-17)9-10-19-11-13-20(14-12-19)16-5-2-1-3-6-16/h1-3,5-6H,4,7-15,18H2. The van der Waals surface area contributed by atoms with E-state index in [0.29, 0.717) is 5.41 Å². The lowest BCUT2D eigenvalue weighted by molar-refractivity contribution is 0.104. The lowest BCUT2D eigenvalue weighted by atomic mass is 9.66. The molecule has 0 radical (unpaired) electrons. The number of anilines is 1. The van der Waals surface area contributed by atoms with Gasteiger partial charge in [-0.2, -0.15) is 0 Å². The second-order valence-corrected chi connectivity index (χ2v) is 6.47. The van der Waals surface area contributed by atoms with E-state index in [4.69, 9.17) is 5.73 Å². The molecule has 1 aliphatic carbocycles. The van der Waals surface area contributed by atoms with E-state index in [-0.39, 0.29) is 0 Å². The predicted octanol–water partition coefficient (Wildman–Crippen LogP) is 2.33. The molecule has 0 bridgehead atoms. The zero-order valence-corrected chi connectivity index (χ0v) is 12.4. The van der Waals surface area contributed by atoms with Gasteiger partial charge >= 0.3 is 0 Å². The molecule has 1 saturated carbocycles. The van der Waals surface area contributed by atoms with E-state index >= 15 is 0 Å². The fourth-order valence-electron chi connectivity index (χ4n) is 3.50. The Labute approximate surface area is 122 Å². The van der Waals surface area contributed by atoms with Crippen molar-refractivity contribution in [2.45, 2.75) is 25.7 Å². The molecule has 1 aliphatic heterocycles. The minimum atomic E-state index is 0.497. The van der Waals surface area contributed by atoms with Crippen LogP contribution in [-0.4, -0.2) is 44.2 Å². The maximum atomic E-state index is 5.96. The van der Waals surface area contributed by atoms with Gasteiger partial charge in [0.25, 0.3) is 0 Å². The summed E-state index contributed by atoms with van der Waals surface area (Å²) in [5, 5.41) is 0. The molecule has 0 unspecified atom stereocenters. The van der Waals surface area contributed by atoms with Gasteiger partial charge in [-0.1, -0.05) is 24.6 Å². The Bertz CT molecular complexity index is 400. The molecule has 2 fully saturated rings. The smallest absolute Gasteiger partial charge is 0.0367 e. The first-order valence-corrected chi connectivity index (χ1v) is 8.04. The molecule has 1 heterocycles. The van der Waals surface area contributed by atoms with Gasteiger partial charge < -0.3 is 10.6 Å². The van der Waals surface area contributed by atoms with E-state index in [2.05, 4.69) is 40.1 Å². The first-order valence-electron chi connectivity index (χ1n) is 8.04. The molecule has 1 saturated heterocycles. The first kappa shape index (κ1) is 13.9. The SMILES string of the molecule is NCC1(CCN2CCN(c3ccccc3)CC2)CCC1. The molecule has 3 nitrogen and oxygen atoms in total. The molecule has 20 heavy (non-hydrogen) atoms. The van der Waals surface area contributed by atoms with Crippen LogP contribution >= 0.6 is 0 Å². The average Bonchev–Trinajstić information content (AvgIpc) is 2.48. The maximum absolute atomic E-state index is 5.96. The Kier molecular flexibility index (Phi) is 4.27. The molecular weight excluding hydrogens is 246 g/mol. The highest BCUT2D eigenvalue weighted by atomic mass is 15.3. The van der Waals surface area contributed by atoms with Crippen molar-refractivity contribution < 1.29 is 0 Å². The van der Waals surface area contributed by atoms with Crippen LogP contribution in [0.15, 0.2) is 30.3 Å². The van der Waals surface area contributed by atoms with Gasteiger partial charge in [0.15, 0.2) is 0 Å². The number of rotatable bonds is 5. The summed E-state index contributed by atoms with van der Waals surface area (Å²) in [5.41, 5.74) is 7.82. The molecule has 3 heteroatoms. The third-order valence-electron chi connectivity index (χ3n) is 5.30. The summed E-state index contributed by atoms with van der Waals surface area (Å²) >= 11 is 0. The minimum Gasteiger partial charge on any atom is -0.369 e. The summed E-state index contributed by atoms with van der Waals surface area (Å²) < 4.78 is 0. The van der Waals surface area contributed by atoms with E-state index in [9.17, 15) is 0 Å². The van der Waals surface area contributed by atoms with Gasteiger partial charge in [0, 0.05) is 31.9 Å². The van der Waals surface area contributed by atoms with Crippen LogP contribution in [0.25, 0.3) is 0 Å². The summed E-state index contributed by atoms with van der Waals surface area (Å²) in [4.78, 5) is 5.12. The van der Waals surface area contributed by atoms with Crippen molar-refractivity contribution in [3.63, 3.8) is 0 Å². The highest BCUT2D eigenvalue weighted by Crippen LogP contribution is 2.42. The monoisotopic (exact) mass is 273 g/mol. The van der Waals surface area contributed by atoms with Crippen molar-refractivity contribution >= 4 is 5.69 Å². The Hall–Kier alpha value is -1.06. The van der Waals surface area contributed by atoms with Crippen LogP contribution in [0.4, 0.5) is 5.69 Å². The predicted molar refractivity (Wildman–Crippen MR) is 85.1 cm³/mol. The van der Waals surface area contributed by atoms with Gasteiger partial charge in [0.2, 0.25) is 0 Å². The lowest BCUT2D eigenvalue weighted by Gasteiger charge is -2.43. The first-order chi connectivity index (χ1) is 9.81. The van der Waals surface area contributed by atoms with E-state index in [1.807, 2.05) is 0 Å². The second kappa shape index (κ2) is 6.15. The van der Waals surface area contributed by atoms with Crippen LogP contribution in [0.1, 0.15) is 25.7 Å². The molecule has 2 aliphatic rings. The van der Waals surface area contributed by atoms with Gasteiger partial charge in [0.1, 0.15) is 0 Å². The fourth-order valence-corrected chi connectivity index (χ4v) is 3.50. The highest BCUT2D eigenvalue weighted by molar-refractivity contribution is 5.46. The van der Waals surface area contributed by atoms with Crippen molar-refractivity contribution in [1.29, 1.82) is 0 Å². The molecule has 1 aromatic carbocycles. The highest BCUT2D eigenvalue weighted by Gasteiger charge is 2.35. The molecule has 0 spiro atoms. The second-order valence-electron chi connectivity index (χ2n) is 6.47. The van der Waals surface area contributed by atoms with Crippen molar-refractivity contribution in [2.24, 2.45) is 11.1 Å². The molecule has 2 N–H and O–H groups in total. The molecule has 0 aromatic heterocycles. The van der Waals surface area contributed by atoms with Crippen LogP contribution in [0.2, 0.25) is 0 Å². The number of piperazine rings is 1. The van der Waals surface area contributed by atoms with Crippen LogP contribution in [0, 0.1) is 5.41 Å². The normalized spacial score (nSPS) is 22.6. The molecule has 0 atom stereocenters. The van der Waals surface area contributed by atoms with Crippen molar-refractivity contribution in [1.82, 2.24) is 4.90 Å². The van der Waals surface area contributed by atoms with E-state index in [1.165, 1.54) is 51.0 Å². The van der Waals surface area contributed by atoms with E-state index in [1.54, 1.807) is 0 Å². The Morgan fingerprint density at radius 1 is 1.00 bits per heavy atom. The lowest BCUT2D eigenvalue weighted by Crippen LogP contribution is -2.48. The zero-order chi connectivity index (χ0) is 13.8. The van der Waals surface area contributed by atoms with Gasteiger partial charge in [-0.3, -0.25) is 4.90 Å². The Balaban J connectivity index is 1.44. The molecule has 3 rings (SSSR count). The molecule has 110 valence electrons. The number of hydrogen-bond donors (Lipinski definition) is 1. The Morgan fingerprint density at radius 2 is 1.70 bits per heavy atom. The zero-order valence-electron chi connectivity index (χ0n) is 12.4. The summed E-state index contributed by atoms with van der Waals surface area (Å²) in [5.74, 6) is 0. The van der Waals surface area contributed by atoms with Crippen LogP contribution in [0.5, 0.6) is 0 Å². The Morgan fingerprint density at radius 3 is 2.25 bits per heavy atom. The molecular formula is C17H27N3. The van der Waals surface area contributed by atoms with Gasteiger partial charge in [-0.05, 0) is 49.9 Å². The van der Waals surface area contributed by atoms with Gasteiger partial charge in [-0.25, -0.2) is 0 Å².